The Morgan fingerprint density at radius 2 is 2.24 bits per heavy atom. The van der Waals surface area contributed by atoms with Crippen LogP contribution in [0.4, 0.5) is 0 Å². The molecule has 1 N–H and O–H groups in total. The number of nitrogens with one attached hydrogen (secondary N) is 1. The van der Waals surface area contributed by atoms with Gasteiger partial charge >= 0.3 is 0 Å². The number of ether oxygens (including phenoxy) is 1. The molecule has 1 aromatic carbocycles. The molecule has 1 aliphatic heterocycles. The third kappa shape index (κ3) is 3.36. The lowest BCUT2D eigenvalue weighted by molar-refractivity contribution is 0.242. The molecule has 0 radical (unpaired) electrons. The zero-order valence-corrected chi connectivity index (χ0v) is 11.3. The van der Waals surface area contributed by atoms with E-state index in [1.54, 1.807) is 0 Å². The third-order valence-electron chi connectivity index (χ3n) is 3.09. The van der Waals surface area contributed by atoms with Crippen LogP contribution in [-0.4, -0.2) is 19.2 Å². The molecule has 17 heavy (non-hydrogen) atoms. The number of piperidine rings is 1. The van der Waals surface area contributed by atoms with Gasteiger partial charge in [0.1, 0.15) is 5.75 Å². The van der Waals surface area contributed by atoms with E-state index in [0.717, 1.165) is 23.9 Å². The second-order valence-electron chi connectivity index (χ2n) is 4.90. The van der Waals surface area contributed by atoms with E-state index in [1.165, 1.54) is 18.4 Å². The first-order chi connectivity index (χ1) is 8.16. The fourth-order valence-electron chi connectivity index (χ4n) is 2.26. The topological polar surface area (TPSA) is 21.3 Å². The van der Waals surface area contributed by atoms with Crippen LogP contribution in [0.3, 0.4) is 0 Å². The monoisotopic (exact) mass is 253 g/mol. The predicted octanol–water partition coefficient (Wildman–Crippen LogP) is 3.59. The van der Waals surface area contributed by atoms with E-state index in [2.05, 4.69) is 17.4 Å². The molecule has 0 bridgehead atoms. The molecule has 0 aliphatic carbocycles. The first-order valence-electron chi connectivity index (χ1n) is 6.33. The maximum absolute atomic E-state index is 6.25. The summed E-state index contributed by atoms with van der Waals surface area (Å²) in [5.41, 5.74) is 1.32. The fraction of sp³-hybridized carbons (Fsp3) is 0.571. The maximum Gasteiger partial charge on any atom is 0.138 e. The molecule has 0 saturated carbocycles. The van der Waals surface area contributed by atoms with Crippen LogP contribution in [0.1, 0.15) is 38.2 Å². The van der Waals surface area contributed by atoms with Gasteiger partial charge in [-0.3, -0.25) is 0 Å². The van der Waals surface area contributed by atoms with Gasteiger partial charge in [0, 0.05) is 6.54 Å². The molecule has 1 aromatic rings. The first kappa shape index (κ1) is 12.7. The smallest absolute Gasteiger partial charge is 0.138 e. The van der Waals surface area contributed by atoms with Crippen molar-refractivity contribution in [2.45, 2.75) is 38.7 Å². The Morgan fingerprint density at radius 3 is 2.82 bits per heavy atom. The average molecular weight is 254 g/mol. The summed E-state index contributed by atoms with van der Waals surface area (Å²) >= 11 is 6.25. The van der Waals surface area contributed by atoms with E-state index in [-0.39, 0.29) is 6.10 Å². The highest BCUT2D eigenvalue weighted by molar-refractivity contribution is 6.32. The van der Waals surface area contributed by atoms with Crippen molar-refractivity contribution in [2.75, 3.05) is 13.1 Å². The summed E-state index contributed by atoms with van der Waals surface area (Å²) in [6.45, 7) is 6.21. The van der Waals surface area contributed by atoms with Gasteiger partial charge < -0.3 is 10.1 Å². The van der Waals surface area contributed by atoms with Crippen LogP contribution in [0.15, 0.2) is 18.2 Å². The number of benzene rings is 1. The summed E-state index contributed by atoms with van der Waals surface area (Å²) in [7, 11) is 0. The third-order valence-corrected chi connectivity index (χ3v) is 3.38. The van der Waals surface area contributed by atoms with Gasteiger partial charge in [-0.1, -0.05) is 17.7 Å². The molecule has 94 valence electrons. The molecule has 1 aliphatic rings. The molecule has 2 nitrogen and oxygen atoms in total. The lowest BCUT2D eigenvalue weighted by Crippen LogP contribution is -2.28. The molecule has 1 atom stereocenters. The van der Waals surface area contributed by atoms with Crippen molar-refractivity contribution in [3.63, 3.8) is 0 Å². The van der Waals surface area contributed by atoms with E-state index < -0.39 is 0 Å². The van der Waals surface area contributed by atoms with Crippen LogP contribution in [0, 0.1) is 0 Å². The summed E-state index contributed by atoms with van der Waals surface area (Å²) in [6, 6.07) is 6.18. The largest absolute Gasteiger partial charge is 0.489 e. The van der Waals surface area contributed by atoms with E-state index in [9.17, 15) is 0 Å². The molecule has 2 rings (SSSR count). The van der Waals surface area contributed by atoms with Crippen LogP contribution in [-0.2, 0) is 0 Å². The van der Waals surface area contributed by atoms with Gasteiger partial charge in [0.05, 0.1) is 11.1 Å². The van der Waals surface area contributed by atoms with Gasteiger partial charge in [0.15, 0.2) is 0 Å². The van der Waals surface area contributed by atoms with Gasteiger partial charge in [-0.2, -0.15) is 0 Å². The Morgan fingerprint density at radius 1 is 1.41 bits per heavy atom. The zero-order valence-electron chi connectivity index (χ0n) is 10.5. The standard InChI is InChI=1S/C14H20ClNO/c1-10(2)17-14-6-5-11(8-13(14)15)12-4-3-7-16-9-12/h5-6,8,10,12,16H,3-4,7,9H2,1-2H3. The number of rotatable bonds is 3. The van der Waals surface area contributed by atoms with Crippen molar-refractivity contribution in [3.8, 4) is 5.75 Å². The Hall–Kier alpha value is -0.730. The fourth-order valence-corrected chi connectivity index (χ4v) is 2.49. The maximum atomic E-state index is 6.25. The van der Waals surface area contributed by atoms with Crippen LogP contribution >= 0.6 is 11.6 Å². The Bertz CT molecular complexity index is 372. The Kier molecular flexibility index (Phi) is 4.30. The molecular weight excluding hydrogens is 234 g/mol. The second-order valence-corrected chi connectivity index (χ2v) is 5.31. The van der Waals surface area contributed by atoms with Crippen LogP contribution in [0.5, 0.6) is 5.75 Å². The van der Waals surface area contributed by atoms with E-state index in [0.29, 0.717) is 5.92 Å². The van der Waals surface area contributed by atoms with Gasteiger partial charge in [0.25, 0.3) is 0 Å². The minimum absolute atomic E-state index is 0.162. The summed E-state index contributed by atoms with van der Waals surface area (Å²) < 4.78 is 5.64. The molecule has 0 amide bonds. The predicted molar refractivity (Wildman–Crippen MR) is 72.1 cm³/mol. The van der Waals surface area contributed by atoms with Gasteiger partial charge in [0.2, 0.25) is 0 Å². The van der Waals surface area contributed by atoms with Crippen molar-refractivity contribution in [1.82, 2.24) is 5.32 Å². The van der Waals surface area contributed by atoms with Crippen LogP contribution in [0.25, 0.3) is 0 Å². The summed E-state index contributed by atoms with van der Waals surface area (Å²) in [5.74, 6) is 1.38. The molecule has 0 spiro atoms. The molecular formula is C14H20ClNO. The Balaban J connectivity index is 2.12. The van der Waals surface area contributed by atoms with Crippen molar-refractivity contribution >= 4 is 11.6 Å². The number of hydrogen-bond acceptors (Lipinski definition) is 2. The number of halogens is 1. The van der Waals surface area contributed by atoms with E-state index >= 15 is 0 Å². The van der Waals surface area contributed by atoms with Crippen LogP contribution in [0.2, 0.25) is 5.02 Å². The minimum Gasteiger partial charge on any atom is -0.489 e. The lowest BCUT2D eigenvalue weighted by Gasteiger charge is -2.23. The van der Waals surface area contributed by atoms with Crippen LogP contribution < -0.4 is 10.1 Å². The highest BCUT2D eigenvalue weighted by Crippen LogP contribution is 2.31. The minimum atomic E-state index is 0.162. The van der Waals surface area contributed by atoms with Crippen molar-refractivity contribution in [1.29, 1.82) is 0 Å². The molecule has 1 heterocycles. The highest BCUT2D eigenvalue weighted by atomic mass is 35.5. The molecule has 1 unspecified atom stereocenters. The molecule has 1 saturated heterocycles. The quantitative estimate of drug-likeness (QED) is 0.889. The summed E-state index contributed by atoms with van der Waals surface area (Å²) in [5, 5.41) is 4.15. The van der Waals surface area contributed by atoms with E-state index in [4.69, 9.17) is 16.3 Å². The zero-order chi connectivity index (χ0) is 12.3. The summed E-state index contributed by atoms with van der Waals surface area (Å²) in [4.78, 5) is 0. The van der Waals surface area contributed by atoms with Crippen molar-refractivity contribution in [3.05, 3.63) is 28.8 Å². The Labute approximate surface area is 108 Å². The number of hydrogen-bond donors (Lipinski definition) is 1. The van der Waals surface area contributed by atoms with Gasteiger partial charge in [-0.25, -0.2) is 0 Å². The lowest BCUT2D eigenvalue weighted by atomic mass is 9.92. The normalized spacial score (nSPS) is 20.6. The van der Waals surface area contributed by atoms with Gasteiger partial charge in [-0.15, -0.1) is 0 Å². The molecule has 3 heteroatoms. The summed E-state index contributed by atoms with van der Waals surface area (Å²) in [6.07, 6.45) is 2.65. The van der Waals surface area contributed by atoms with E-state index in [1.807, 2.05) is 19.9 Å². The molecule has 0 aromatic heterocycles. The van der Waals surface area contributed by atoms with Gasteiger partial charge in [-0.05, 0) is 56.8 Å². The second kappa shape index (κ2) is 5.74. The average Bonchev–Trinajstić information content (AvgIpc) is 2.32. The first-order valence-corrected chi connectivity index (χ1v) is 6.71. The molecule has 1 fully saturated rings. The SMILES string of the molecule is CC(C)Oc1ccc(C2CCCNC2)cc1Cl. The van der Waals surface area contributed by atoms with Crippen molar-refractivity contribution < 1.29 is 4.74 Å². The highest BCUT2D eigenvalue weighted by Gasteiger charge is 2.16. The van der Waals surface area contributed by atoms with Crippen molar-refractivity contribution in [2.24, 2.45) is 0 Å².